The molecular weight excluding hydrogens is 333 g/mol. The van der Waals surface area contributed by atoms with Crippen LogP contribution in [0, 0.1) is 5.82 Å². The lowest BCUT2D eigenvalue weighted by Crippen LogP contribution is -2.12. The number of rotatable bonds is 3. The minimum absolute atomic E-state index is 0.315. The molecule has 0 aliphatic heterocycles. The van der Waals surface area contributed by atoms with Crippen LogP contribution in [-0.2, 0) is 0 Å². The third-order valence-electron chi connectivity index (χ3n) is 2.84. The summed E-state index contributed by atoms with van der Waals surface area (Å²) in [6.07, 6.45) is 0. The Hall–Kier alpha value is -1.10. The van der Waals surface area contributed by atoms with Crippen molar-refractivity contribution in [2.24, 2.45) is 5.73 Å². The molecule has 0 amide bonds. The number of nitrogens with two attached hydrogens (primary N) is 1. The van der Waals surface area contributed by atoms with Crippen molar-refractivity contribution in [2.75, 3.05) is 7.11 Å². The van der Waals surface area contributed by atoms with Crippen LogP contribution >= 0.6 is 27.5 Å². The summed E-state index contributed by atoms with van der Waals surface area (Å²) in [4.78, 5) is 0. The largest absolute Gasteiger partial charge is 0.495 e. The molecular formula is C14H12BrClFNO. The Bertz CT molecular complexity index is 606. The maximum absolute atomic E-state index is 13.2. The first-order valence-electron chi connectivity index (χ1n) is 5.57. The normalized spacial score (nSPS) is 12.3. The van der Waals surface area contributed by atoms with Gasteiger partial charge in [0.2, 0.25) is 0 Å². The van der Waals surface area contributed by atoms with E-state index in [-0.39, 0.29) is 11.9 Å². The van der Waals surface area contributed by atoms with Crippen LogP contribution in [0.3, 0.4) is 0 Å². The van der Waals surface area contributed by atoms with Crippen molar-refractivity contribution in [3.63, 3.8) is 0 Å². The quantitative estimate of drug-likeness (QED) is 0.901. The second-order valence-corrected chi connectivity index (χ2v) is 5.31. The van der Waals surface area contributed by atoms with E-state index in [0.717, 1.165) is 11.1 Å². The van der Waals surface area contributed by atoms with Gasteiger partial charge < -0.3 is 10.5 Å². The Kier molecular flexibility index (Phi) is 4.45. The van der Waals surface area contributed by atoms with E-state index in [1.807, 2.05) is 6.07 Å². The van der Waals surface area contributed by atoms with Crippen LogP contribution in [-0.4, -0.2) is 7.11 Å². The molecule has 2 N–H and O–H groups in total. The Morgan fingerprint density at radius 2 is 1.84 bits per heavy atom. The lowest BCUT2D eigenvalue weighted by molar-refractivity contribution is 0.414. The predicted octanol–water partition coefficient (Wildman–Crippen LogP) is 4.30. The summed E-state index contributed by atoms with van der Waals surface area (Å²) in [7, 11) is 1.55. The van der Waals surface area contributed by atoms with E-state index in [0.29, 0.717) is 15.2 Å². The molecule has 0 spiro atoms. The number of hydrogen-bond acceptors (Lipinski definition) is 2. The van der Waals surface area contributed by atoms with Crippen LogP contribution in [0.4, 0.5) is 4.39 Å². The van der Waals surface area contributed by atoms with Gasteiger partial charge in [0.05, 0.1) is 22.6 Å². The molecule has 1 atom stereocenters. The fourth-order valence-corrected chi connectivity index (χ4v) is 2.36. The molecule has 0 heterocycles. The average molecular weight is 345 g/mol. The number of methoxy groups -OCH3 is 1. The molecule has 5 heteroatoms. The minimum atomic E-state index is -0.372. The van der Waals surface area contributed by atoms with Crippen molar-refractivity contribution in [1.82, 2.24) is 0 Å². The van der Waals surface area contributed by atoms with Gasteiger partial charge in [-0.15, -0.1) is 0 Å². The Labute approximate surface area is 124 Å². The topological polar surface area (TPSA) is 35.2 Å². The molecule has 2 nitrogen and oxygen atoms in total. The van der Waals surface area contributed by atoms with Gasteiger partial charge in [-0.2, -0.15) is 0 Å². The third-order valence-corrected chi connectivity index (χ3v) is 3.76. The maximum Gasteiger partial charge on any atom is 0.137 e. The fraction of sp³-hybridized carbons (Fsp3) is 0.143. The molecule has 19 heavy (non-hydrogen) atoms. The molecule has 1 unspecified atom stereocenters. The van der Waals surface area contributed by atoms with Crippen LogP contribution in [0.5, 0.6) is 5.75 Å². The first-order valence-corrected chi connectivity index (χ1v) is 6.74. The van der Waals surface area contributed by atoms with Gasteiger partial charge in [0.15, 0.2) is 0 Å². The molecule has 0 aliphatic carbocycles. The summed E-state index contributed by atoms with van der Waals surface area (Å²) in [5, 5.41) is 0.527. The van der Waals surface area contributed by atoms with E-state index < -0.39 is 0 Å². The Morgan fingerprint density at radius 1 is 1.21 bits per heavy atom. The summed E-state index contributed by atoms with van der Waals surface area (Å²) in [5.74, 6) is 0.250. The molecule has 0 saturated carbocycles. The molecule has 0 bridgehead atoms. The van der Waals surface area contributed by atoms with E-state index in [1.54, 1.807) is 31.4 Å². The van der Waals surface area contributed by atoms with E-state index in [9.17, 15) is 4.39 Å². The van der Waals surface area contributed by atoms with Crippen molar-refractivity contribution in [1.29, 1.82) is 0 Å². The van der Waals surface area contributed by atoms with Crippen molar-refractivity contribution >= 4 is 27.5 Å². The average Bonchev–Trinajstić information content (AvgIpc) is 2.41. The molecule has 0 saturated heterocycles. The van der Waals surface area contributed by atoms with Crippen LogP contribution < -0.4 is 10.5 Å². The molecule has 0 fully saturated rings. The lowest BCUT2D eigenvalue weighted by Gasteiger charge is -2.15. The van der Waals surface area contributed by atoms with Gasteiger partial charge in [0.1, 0.15) is 11.6 Å². The SMILES string of the molecule is COc1cc(C(N)c2ccc(F)c(Br)c2)ccc1Cl. The molecule has 0 aromatic heterocycles. The molecule has 2 rings (SSSR count). The summed E-state index contributed by atoms with van der Waals surface area (Å²) < 4.78 is 18.8. The van der Waals surface area contributed by atoms with E-state index in [4.69, 9.17) is 22.1 Å². The fourth-order valence-electron chi connectivity index (χ4n) is 1.77. The van der Waals surface area contributed by atoms with Crippen LogP contribution in [0.15, 0.2) is 40.9 Å². The van der Waals surface area contributed by atoms with Gasteiger partial charge in [0, 0.05) is 0 Å². The highest BCUT2D eigenvalue weighted by atomic mass is 79.9. The smallest absolute Gasteiger partial charge is 0.137 e. The lowest BCUT2D eigenvalue weighted by atomic mass is 9.99. The zero-order valence-corrected chi connectivity index (χ0v) is 12.5. The van der Waals surface area contributed by atoms with Gasteiger partial charge in [-0.3, -0.25) is 0 Å². The minimum Gasteiger partial charge on any atom is -0.495 e. The van der Waals surface area contributed by atoms with E-state index in [1.165, 1.54) is 6.07 Å². The van der Waals surface area contributed by atoms with Gasteiger partial charge in [-0.1, -0.05) is 23.7 Å². The number of halogens is 3. The number of ether oxygens (including phenoxy) is 1. The second-order valence-electron chi connectivity index (χ2n) is 4.05. The third kappa shape index (κ3) is 3.08. The monoisotopic (exact) mass is 343 g/mol. The van der Waals surface area contributed by atoms with Crippen molar-refractivity contribution in [3.05, 3.63) is 62.8 Å². The first-order chi connectivity index (χ1) is 9.02. The van der Waals surface area contributed by atoms with Crippen molar-refractivity contribution in [2.45, 2.75) is 6.04 Å². The summed E-state index contributed by atoms with van der Waals surface area (Å²) in [5.41, 5.74) is 7.82. The van der Waals surface area contributed by atoms with Crippen LogP contribution in [0.25, 0.3) is 0 Å². The van der Waals surface area contributed by atoms with Gasteiger partial charge in [0.25, 0.3) is 0 Å². The van der Waals surface area contributed by atoms with E-state index in [2.05, 4.69) is 15.9 Å². The van der Waals surface area contributed by atoms with Crippen molar-refractivity contribution in [3.8, 4) is 5.75 Å². The zero-order valence-electron chi connectivity index (χ0n) is 10.2. The number of benzene rings is 2. The zero-order chi connectivity index (χ0) is 14.0. The highest BCUT2D eigenvalue weighted by Crippen LogP contribution is 2.30. The molecule has 0 aliphatic rings. The summed E-state index contributed by atoms with van der Waals surface area (Å²) in [6.45, 7) is 0. The van der Waals surface area contributed by atoms with Crippen LogP contribution in [0.1, 0.15) is 17.2 Å². The highest BCUT2D eigenvalue weighted by Gasteiger charge is 2.13. The van der Waals surface area contributed by atoms with Crippen molar-refractivity contribution < 1.29 is 9.13 Å². The Morgan fingerprint density at radius 3 is 2.47 bits per heavy atom. The molecule has 2 aromatic rings. The predicted molar refractivity (Wildman–Crippen MR) is 78.1 cm³/mol. The molecule has 2 aromatic carbocycles. The first kappa shape index (κ1) is 14.3. The molecule has 100 valence electrons. The maximum atomic E-state index is 13.2. The van der Waals surface area contributed by atoms with Gasteiger partial charge in [-0.25, -0.2) is 4.39 Å². The highest BCUT2D eigenvalue weighted by molar-refractivity contribution is 9.10. The summed E-state index contributed by atoms with van der Waals surface area (Å²) in [6, 6.07) is 9.67. The molecule has 0 radical (unpaired) electrons. The van der Waals surface area contributed by atoms with E-state index >= 15 is 0 Å². The van der Waals surface area contributed by atoms with Crippen LogP contribution in [0.2, 0.25) is 5.02 Å². The van der Waals surface area contributed by atoms with Gasteiger partial charge >= 0.3 is 0 Å². The summed E-state index contributed by atoms with van der Waals surface area (Å²) >= 11 is 9.12. The van der Waals surface area contributed by atoms with Gasteiger partial charge in [-0.05, 0) is 51.3 Å². The standard InChI is InChI=1S/C14H12BrClFNO/c1-19-13-7-9(2-4-11(13)16)14(18)8-3-5-12(17)10(15)6-8/h2-7,14H,18H2,1H3. The second kappa shape index (κ2) is 5.90. The Balaban J connectivity index is 2.37. The number of hydrogen-bond donors (Lipinski definition) is 1.